The molecule has 0 saturated heterocycles. The van der Waals surface area contributed by atoms with Crippen LogP contribution in [-0.4, -0.2) is 32.2 Å². The monoisotopic (exact) mass is 724 g/mol. The molecule has 262 valence electrons. The molecule has 8 aromatic rings. The van der Waals surface area contributed by atoms with Crippen LogP contribution in [-0.2, 0) is 26.2 Å². The third-order valence-corrected chi connectivity index (χ3v) is 10.4. The molecule has 0 fully saturated rings. The first-order chi connectivity index (χ1) is 25.6. The summed E-state index contributed by atoms with van der Waals surface area (Å²) in [6.45, 7) is 5.01. The predicted octanol–water partition coefficient (Wildman–Crippen LogP) is 10.5. The Balaban J connectivity index is 0.792. The molecule has 0 aliphatic rings. The van der Waals surface area contributed by atoms with Crippen LogP contribution in [0.4, 0.5) is 0 Å². The minimum atomic E-state index is 0.754. The number of nitrogens with one attached hydrogen (secondary N) is 2. The van der Waals surface area contributed by atoms with Gasteiger partial charge in [-0.25, -0.2) is 0 Å². The Morgan fingerprint density at radius 3 is 1.38 bits per heavy atom. The Morgan fingerprint density at radius 1 is 0.462 bits per heavy atom. The van der Waals surface area contributed by atoms with Gasteiger partial charge in [0, 0.05) is 68.8 Å². The largest absolute Gasteiger partial charge is 0.335 e. The molecular weight excluding hydrogens is 683 g/mol. The topological polar surface area (TPSA) is 59.7 Å². The van der Waals surface area contributed by atoms with Crippen molar-refractivity contribution in [1.29, 1.82) is 0 Å². The molecule has 0 saturated carbocycles. The van der Waals surface area contributed by atoms with E-state index in [1.807, 2.05) is 48.8 Å². The van der Waals surface area contributed by atoms with Crippen molar-refractivity contribution < 1.29 is 0 Å². The molecule has 8 heteroatoms. The fourth-order valence-corrected chi connectivity index (χ4v) is 7.86. The van der Waals surface area contributed by atoms with Gasteiger partial charge in [-0.15, -0.1) is 0 Å². The Morgan fingerprint density at radius 2 is 0.923 bits per heavy atom. The van der Waals surface area contributed by atoms with Crippen LogP contribution in [0.1, 0.15) is 48.2 Å². The van der Waals surface area contributed by atoms with Gasteiger partial charge in [0.2, 0.25) is 0 Å². The molecule has 0 spiro atoms. The smallest absolute Gasteiger partial charge is 0.0681 e. The van der Waals surface area contributed by atoms with E-state index in [0.717, 1.165) is 84.6 Å². The molecule has 0 aliphatic carbocycles. The summed E-state index contributed by atoms with van der Waals surface area (Å²) >= 11 is 12.6. The molecule has 0 bridgehead atoms. The summed E-state index contributed by atoms with van der Waals surface area (Å²) in [4.78, 5) is 9.68. The van der Waals surface area contributed by atoms with Crippen LogP contribution in [0.25, 0.3) is 43.6 Å². The van der Waals surface area contributed by atoms with Gasteiger partial charge in [0.05, 0.1) is 34.8 Å². The second kappa shape index (κ2) is 15.9. The molecule has 0 unspecified atom stereocenters. The first kappa shape index (κ1) is 34.4. The summed E-state index contributed by atoms with van der Waals surface area (Å²) in [5.74, 6) is 0. The van der Waals surface area contributed by atoms with Gasteiger partial charge in [-0.1, -0.05) is 96.7 Å². The van der Waals surface area contributed by atoms with Crippen molar-refractivity contribution in [2.24, 2.45) is 0 Å². The van der Waals surface area contributed by atoms with Crippen LogP contribution in [0.2, 0.25) is 10.0 Å². The van der Waals surface area contributed by atoms with E-state index < -0.39 is 0 Å². The summed E-state index contributed by atoms with van der Waals surface area (Å²) < 4.78 is 4.68. The number of hydrogen-bond acceptors (Lipinski definition) is 4. The van der Waals surface area contributed by atoms with Crippen LogP contribution in [0.3, 0.4) is 0 Å². The minimum Gasteiger partial charge on any atom is -0.335 e. The average molecular weight is 726 g/mol. The Kier molecular flexibility index (Phi) is 10.5. The van der Waals surface area contributed by atoms with Crippen molar-refractivity contribution in [3.8, 4) is 0 Å². The van der Waals surface area contributed by atoms with E-state index in [1.165, 1.54) is 56.5 Å². The van der Waals surface area contributed by atoms with Gasteiger partial charge in [0.25, 0.3) is 0 Å². The molecule has 0 amide bonds. The summed E-state index contributed by atoms with van der Waals surface area (Å²) in [5.41, 5.74) is 9.21. The molecule has 4 aromatic heterocycles. The number of halogens is 2. The molecule has 2 N–H and O–H groups in total. The number of hydrogen-bond donors (Lipinski definition) is 2. The summed E-state index contributed by atoms with van der Waals surface area (Å²) in [6, 6.07) is 37.9. The van der Waals surface area contributed by atoms with E-state index in [0.29, 0.717) is 0 Å². The average Bonchev–Trinajstić information content (AvgIpc) is 3.64. The summed E-state index contributed by atoms with van der Waals surface area (Å²) in [5, 5.41) is 13.8. The normalized spacial score (nSPS) is 11.8. The molecule has 0 atom stereocenters. The van der Waals surface area contributed by atoms with E-state index in [2.05, 4.69) is 92.6 Å². The number of rotatable bonds is 15. The number of benzene rings is 4. The van der Waals surface area contributed by atoms with Gasteiger partial charge >= 0.3 is 0 Å². The predicted molar refractivity (Wildman–Crippen MR) is 217 cm³/mol. The highest BCUT2D eigenvalue weighted by Crippen LogP contribution is 2.31. The highest BCUT2D eigenvalue weighted by molar-refractivity contribution is 6.31. The lowest BCUT2D eigenvalue weighted by molar-refractivity contribution is 0.559. The van der Waals surface area contributed by atoms with E-state index in [-0.39, 0.29) is 0 Å². The lowest BCUT2D eigenvalue weighted by atomic mass is 10.1. The van der Waals surface area contributed by atoms with Gasteiger partial charge in [-0.3, -0.25) is 9.97 Å². The molecule has 52 heavy (non-hydrogen) atoms. The van der Waals surface area contributed by atoms with E-state index in [4.69, 9.17) is 33.2 Å². The van der Waals surface area contributed by atoms with Crippen LogP contribution in [0.15, 0.2) is 122 Å². The summed E-state index contributed by atoms with van der Waals surface area (Å²) in [6.07, 6.45) is 8.76. The number of aromatic nitrogens is 4. The minimum absolute atomic E-state index is 0.754. The number of fused-ring (bicyclic) bond motifs is 6. The Labute approximate surface area is 314 Å². The van der Waals surface area contributed by atoms with Crippen LogP contribution >= 0.6 is 23.2 Å². The second-order valence-electron chi connectivity index (χ2n) is 13.6. The van der Waals surface area contributed by atoms with Crippen molar-refractivity contribution in [3.05, 3.63) is 154 Å². The maximum atomic E-state index is 6.28. The first-order valence-electron chi connectivity index (χ1n) is 18.2. The van der Waals surface area contributed by atoms with Crippen molar-refractivity contribution in [3.63, 3.8) is 0 Å². The zero-order valence-corrected chi connectivity index (χ0v) is 30.7. The molecule has 4 aromatic carbocycles. The highest BCUT2D eigenvalue weighted by Gasteiger charge is 2.14. The quantitative estimate of drug-likeness (QED) is 0.103. The molecule has 6 nitrogen and oxygen atoms in total. The summed E-state index contributed by atoms with van der Waals surface area (Å²) in [7, 11) is 0. The fourth-order valence-electron chi connectivity index (χ4n) is 7.43. The van der Waals surface area contributed by atoms with Crippen molar-refractivity contribution in [1.82, 2.24) is 29.7 Å². The zero-order chi connectivity index (χ0) is 35.3. The molecule has 4 heterocycles. The zero-order valence-electron chi connectivity index (χ0n) is 29.2. The standard InChI is InChI=1S/C44H42Cl2N6/c45-33-13-9-11-31(21-33)29-51-41-17-5-3-15-37(41)39-23-35(49-27-43(39)51)25-47-19-7-1-2-8-20-48-26-36-24-40-38-16-4-6-18-42(38)52(44(40)28-50-36)30-32-12-10-14-34(46)22-32/h3-6,9-18,21-24,27-28,47-48H,1-2,7-8,19-20,25-26,29-30H2. The van der Waals surface area contributed by atoms with Crippen molar-refractivity contribution >= 4 is 66.8 Å². The van der Waals surface area contributed by atoms with Crippen molar-refractivity contribution in [2.75, 3.05) is 13.1 Å². The number of para-hydroxylation sites is 2. The number of pyridine rings is 2. The van der Waals surface area contributed by atoms with E-state index >= 15 is 0 Å². The van der Waals surface area contributed by atoms with Crippen LogP contribution in [0.5, 0.6) is 0 Å². The lowest BCUT2D eigenvalue weighted by Crippen LogP contribution is -2.16. The van der Waals surface area contributed by atoms with E-state index in [9.17, 15) is 0 Å². The molecular formula is C44H42Cl2N6. The first-order valence-corrected chi connectivity index (χ1v) is 19.0. The Hall–Kier alpha value is -4.72. The van der Waals surface area contributed by atoms with Crippen LogP contribution in [0, 0.1) is 0 Å². The molecule has 0 aliphatic heterocycles. The number of nitrogens with zero attached hydrogens (tertiary/aromatic N) is 4. The maximum Gasteiger partial charge on any atom is 0.0681 e. The number of unbranched alkanes of at least 4 members (excludes halogenated alkanes) is 3. The SMILES string of the molecule is Clc1cccc(Cn2c3ccccc3c3cc(CNCCCCCCNCc4cc5c6ccccc6n(Cc6cccc(Cl)c6)c5cn4)ncc32)c1. The van der Waals surface area contributed by atoms with Gasteiger partial charge < -0.3 is 19.8 Å². The van der Waals surface area contributed by atoms with Gasteiger partial charge in [0.1, 0.15) is 0 Å². The molecule has 8 rings (SSSR count). The fraction of sp³-hybridized carbons (Fsp3) is 0.227. The maximum absolute atomic E-state index is 6.28. The third kappa shape index (κ3) is 7.57. The van der Waals surface area contributed by atoms with Crippen molar-refractivity contribution in [2.45, 2.75) is 51.9 Å². The van der Waals surface area contributed by atoms with Gasteiger partial charge in [0.15, 0.2) is 0 Å². The lowest BCUT2D eigenvalue weighted by Gasteiger charge is -2.09. The molecule has 0 radical (unpaired) electrons. The van der Waals surface area contributed by atoms with Gasteiger partial charge in [-0.05, 0) is 85.6 Å². The third-order valence-electron chi connectivity index (χ3n) is 9.96. The highest BCUT2D eigenvalue weighted by atomic mass is 35.5. The van der Waals surface area contributed by atoms with E-state index in [1.54, 1.807) is 0 Å². The Bertz CT molecular complexity index is 2310. The van der Waals surface area contributed by atoms with Gasteiger partial charge in [-0.2, -0.15) is 0 Å². The van der Waals surface area contributed by atoms with Crippen LogP contribution < -0.4 is 10.6 Å². The second-order valence-corrected chi connectivity index (χ2v) is 14.5.